The lowest BCUT2D eigenvalue weighted by Gasteiger charge is -2.19. The van der Waals surface area contributed by atoms with Gasteiger partial charge in [-0.1, -0.05) is 45.0 Å². The number of hydrogen-bond acceptors (Lipinski definition) is 2. The molecule has 1 amide bonds. The molecule has 0 aliphatic carbocycles. The molecule has 0 aromatic heterocycles. The van der Waals surface area contributed by atoms with E-state index < -0.39 is 5.51 Å². The van der Waals surface area contributed by atoms with Crippen molar-refractivity contribution >= 4 is 17.7 Å². The van der Waals surface area contributed by atoms with E-state index in [9.17, 15) is 18.0 Å². The second-order valence-corrected chi connectivity index (χ2v) is 7.84. The van der Waals surface area contributed by atoms with E-state index in [2.05, 4.69) is 26.1 Å². The first-order chi connectivity index (χ1) is 11.5. The molecule has 0 unspecified atom stereocenters. The van der Waals surface area contributed by atoms with Gasteiger partial charge in [-0.2, -0.15) is 13.2 Å². The first kappa shape index (κ1) is 19.4. The Morgan fingerprint density at radius 2 is 1.52 bits per heavy atom. The van der Waals surface area contributed by atoms with Crippen LogP contribution in [0.5, 0.6) is 0 Å². The Kier molecular flexibility index (Phi) is 5.83. The summed E-state index contributed by atoms with van der Waals surface area (Å²) < 4.78 is 36.9. The largest absolute Gasteiger partial charge is 0.446 e. The highest BCUT2D eigenvalue weighted by Crippen LogP contribution is 2.36. The number of thioether (sulfide) groups is 1. The standard InChI is InChI=1S/C19H20F3NOS/c1-18(2,3)15-8-6-14(7-9-15)17(24)23-12-13-4-10-16(11-5-13)25-19(20,21)22/h4-11H,12H2,1-3H3,(H,23,24). The molecule has 2 nitrogen and oxygen atoms in total. The van der Waals surface area contributed by atoms with E-state index in [1.54, 1.807) is 24.3 Å². The van der Waals surface area contributed by atoms with Crippen molar-refractivity contribution in [2.75, 3.05) is 0 Å². The fourth-order valence-electron chi connectivity index (χ4n) is 2.21. The van der Waals surface area contributed by atoms with Crippen LogP contribution in [-0.4, -0.2) is 11.4 Å². The van der Waals surface area contributed by atoms with Crippen molar-refractivity contribution in [2.24, 2.45) is 0 Å². The molecule has 25 heavy (non-hydrogen) atoms. The third kappa shape index (κ3) is 6.12. The van der Waals surface area contributed by atoms with Crippen LogP contribution < -0.4 is 5.32 Å². The summed E-state index contributed by atoms with van der Waals surface area (Å²) >= 11 is -0.153. The second-order valence-electron chi connectivity index (χ2n) is 6.70. The SMILES string of the molecule is CC(C)(C)c1ccc(C(=O)NCc2ccc(SC(F)(F)F)cc2)cc1. The minimum absolute atomic E-state index is 0.0190. The van der Waals surface area contributed by atoms with Crippen LogP contribution in [0.2, 0.25) is 0 Å². The van der Waals surface area contributed by atoms with Gasteiger partial charge in [0.25, 0.3) is 5.91 Å². The minimum Gasteiger partial charge on any atom is -0.348 e. The molecule has 1 N–H and O–H groups in total. The Morgan fingerprint density at radius 1 is 0.960 bits per heavy atom. The topological polar surface area (TPSA) is 29.1 Å². The molecule has 0 heterocycles. The number of benzene rings is 2. The molecule has 0 spiro atoms. The zero-order chi connectivity index (χ0) is 18.7. The lowest BCUT2D eigenvalue weighted by atomic mass is 9.87. The van der Waals surface area contributed by atoms with Crippen molar-refractivity contribution in [1.82, 2.24) is 5.32 Å². The molecular formula is C19H20F3NOS. The van der Waals surface area contributed by atoms with Gasteiger partial charge in [-0.05, 0) is 52.6 Å². The summed E-state index contributed by atoms with van der Waals surface area (Å²) in [6, 6.07) is 13.4. The number of rotatable bonds is 4. The van der Waals surface area contributed by atoms with E-state index in [1.807, 2.05) is 12.1 Å². The molecule has 0 saturated heterocycles. The van der Waals surface area contributed by atoms with Crippen LogP contribution in [0.15, 0.2) is 53.4 Å². The van der Waals surface area contributed by atoms with Gasteiger partial charge in [0.1, 0.15) is 0 Å². The van der Waals surface area contributed by atoms with Gasteiger partial charge in [0.2, 0.25) is 0 Å². The Bertz CT molecular complexity index is 716. The van der Waals surface area contributed by atoms with Crippen LogP contribution >= 0.6 is 11.8 Å². The maximum atomic E-state index is 12.3. The third-order valence-electron chi connectivity index (χ3n) is 3.62. The quantitative estimate of drug-likeness (QED) is 0.720. The summed E-state index contributed by atoms with van der Waals surface area (Å²) in [6.45, 7) is 6.56. The summed E-state index contributed by atoms with van der Waals surface area (Å²) in [4.78, 5) is 12.3. The van der Waals surface area contributed by atoms with E-state index >= 15 is 0 Å². The third-order valence-corrected chi connectivity index (χ3v) is 4.36. The summed E-state index contributed by atoms with van der Waals surface area (Å²) in [5.74, 6) is -0.214. The zero-order valence-electron chi connectivity index (χ0n) is 14.3. The Labute approximate surface area is 149 Å². The molecule has 0 fully saturated rings. The van der Waals surface area contributed by atoms with E-state index in [4.69, 9.17) is 0 Å². The monoisotopic (exact) mass is 367 g/mol. The highest BCUT2D eigenvalue weighted by molar-refractivity contribution is 8.00. The van der Waals surface area contributed by atoms with Gasteiger partial charge in [0.15, 0.2) is 0 Å². The minimum atomic E-state index is -4.30. The molecular weight excluding hydrogens is 347 g/mol. The molecule has 0 aliphatic heterocycles. The van der Waals surface area contributed by atoms with Crippen LogP contribution in [0, 0.1) is 0 Å². The molecule has 0 bridgehead atoms. The molecule has 134 valence electrons. The van der Waals surface area contributed by atoms with Crippen LogP contribution in [-0.2, 0) is 12.0 Å². The van der Waals surface area contributed by atoms with Crippen LogP contribution in [0.25, 0.3) is 0 Å². The predicted octanol–water partition coefficient (Wildman–Crippen LogP) is 5.53. The normalized spacial score (nSPS) is 12.1. The van der Waals surface area contributed by atoms with Crippen LogP contribution in [0.4, 0.5) is 13.2 Å². The van der Waals surface area contributed by atoms with Crippen molar-refractivity contribution in [3.63, 3.8) is 0 Å². The maximum Gasteiger partial charge on any atom is 0.446 e. The number of hydrogen-bond donors (Lipinski definition) is 1. The fourth-order valence-corrected chi connectivity index (χ4v) is 2.75. The summed E-state index contributed by atoms with van der Waals surface area (Å²) in [5, 5.41) is 2.77. The lowest BCUT2D eigenvalue weighted by Crippen LogP contribution is -2.23. The van der Waals surface area contributed by atoms with Crippen LogP contribution in [0.1, 0.15) is 42.3 Å². The van der Waals surface area contributed by atoms with Gasteiger partial charge in [0, 0.05) is 17.0 Å². The van der Waals surface area contributed by atoms with E-state index in [0.29, 0.717) is 5.56 Å². The molecule has 2 rings (SSSR count). The summed E-state index contributed by atoms with van der Waals surface area (Å²) in [5.41, 5.74) is -1.84. The second kappa shape index (κ2) is 7.52. The van der Waals surface area contributed by atoms with Gasteiger partial charge in [-0.15, -0.1) is 0 Å². The van der Waals surface area contributed by atoms with Crippen molar-refractivity contribution in [1.29, 1.82) is 0 Å². The molecule has 0 aliphatic rings. The number of carbonyl (C=O) groups is 1. The Hall–Kier alpha value is -1.95. The van der Waals surface area contributed by atoms with Gasteiger partial charge in [-0.3, -0.25) is 4.79 Å². The van der Waals surface area contributed by atoms with Gasteiger partial charge < -0.3 is 5.32 Å². The highest BCUT2D eigenvalue weighted by atomic mass is 32.2. The van der Waals surface area contributed by atoms with Crippen molar-refractivity contribution in [3.05, 3.63) is 65.2 Å². The number of alkyl halides is 3. The van der Waals surface area contributed by atoms with Crippen molar-refractivity contribution in [3.8, 4) is 0 Å². The highest BCUT2D eigenvalue weighted by Gasteiger charge is 2.28. The number of nitrogens with one attached hydrogen (secondary N) is 1. The molecule has 6 heteroatoms. The fraction of sp³-hybridized carbons (Fsp3) is 0.316. The van der Waals surface area contributed by atoms with Gasteiger partial charge in [-0.25, -0.2) is 0 Å². The smallest absolute Gasteiger partial charge is 0.348 e. The molecule has 2 aromatic carbocycles. The number of halogens is 3. The van der Waals surface area contributed by atoms with E-state index in [-0.39, 0.29) is 34.5 Å². The summed E-state index contributed by atoms with van der Waals surface area (Å²) in [6.07, 6.45) is 0. The predicted molar refractivity (Wildman–Crippen MR) is 94.7 cm³/mol. The number of carbonyl (C=O) groups excluding carboxylic acids is 1. The van der Waals surface area contributed by atoms with Crippen LogP contribution in [0.3, 0.4) is 0 Å². The average Bonchev–Trinajstić information content (AvgIpc) is 2.52. The van der Waals surface area contributed by atoms with Gasteiger partial charge >= 0.3 is 5.51 Å². The number of amides is 1. The zero-order valence-corrected chi connectivity index (χ0v) is 15.1. The first-order valence-corrected chi connectivity index (χ1v) is 8.60. The maximum absolute atomic E-state index is 12.3. The molecule has 0 radical (unpaired) electrons. The average molecular weight is 367 g/mol. The van der Waals surface area contributed by atoms with Crippen molar-refractivity contribution in [2.45, 2.75) is 43.1 Å². The Balaban J connectivity index is 1.93. The molecule has 0 atom stereocenters. The molecule has 2 aromatic rings. The first-order valence-electron chi connectivity index (χ1n) is 7.78. The Morgan fingerprint density at radius 3 is 2.00 bits per heavy atom. The van der Waals surface area contributed by atoms with E-state index in [1.165, 1.54) is 12.1 Å². The van der Waals surface area contributed by atoms with E-state index in [0.717, 1.165) is 11.1 Å². The summed E-state index contributed by atoms with van der Waals surface area (Å²) in [7, 11) is 0. The van der Waals surface area contributed by atoms with Gasteiger partial charge in [0.05, 0.1) is 0 Å². The lowest BCUT2D eigenvalue weighted by molar-refractivity contribution is -0.0328. The molecule has 0 saturated carbocycles. The van der Waals surface area contributed by atoms with Crippen molar-refractivity contribution < 1.29 is 18.0 Å².